The molecule has 2 nitrogen and oxygen atoms in total. The van der Waals surface area contributed by atoms with Crippen molar-refractivity contribution >= 4 is 5.78 Å². The Balaban J connectivity index is 1.44. The maximum absolute atomic E-state index is 12.5. The van der Waals surface area contributed by atoms with Crippen LogP contribution in [-0.2, 0) is 4.79 Å². The van der Waals surface area contributed by atoms with Crippen molar-refractivity contribution in [1.29, 1.82) is 0 Å². The third kappa shape index (κ3) is 3.59. The minimum atomic E-state index is -4.69. The van der Waals surface area contributed by atoms with Gasteiger partial charge in [-0.25, -0.2) is 0 Å². The number of rotatable bonds is 4. The van der Waals surface area contributed by atoms with Crippen molar-refractivity contribution in [1.82, 2.24) is 0 Å². The summed E-state index contributed by atoms with van der Waals surface area (Å²) in [7, 11) is 0. The molecular formula is C24H35F3O2. The van der Waals surface area contributed by atoms with E-state index in [1.54, 1.807) is 0 Å². The predicted molar refractivity (Wildman–Crippen MR) is 106 cm³/mol. The number of Topliss-reactive ketones (excluding diaryl/α,β-unsaturated/α-hetero) is 1. The van der Waals surface area contributed by atoms with Gasteiger partial charge in [0.25, 0.3) is 0 Å². The van der Waals surface area contributed by atoms with Crippen molar-refractivity contribution in [2.24, 2.45) is 34.5 Å². The molecule has 0 radical (unpaired) electrons. The van der Waals surface area contributed by atoms with E-state index in [0.717, 1.165) is 44.9 Å². The van der Waals surface area contributed by atoms with E-state index in [9.17, 15) is 23.1 Å². The number of alkyl halides is 3. The maximum Gasteiger partial charge on any atom is 0.449 e. The van der Waals surface area contributed by atoms with Crippen LogP contribution in [0.2, 0.25) is 0 Å². The number of hydrogen-bond acceptors (Lipinski definition) is 2. The van der Waals surface area contributed by atoms with Crippen LogP contribution in [-0.4, -0.2) is 23.2 Å². The van der Waals surface area contributed by atoms with Gasteiger partial charge in [0, 0.05) is 6.42 Å². The zero-order valence-corrected chi connectivity index (χ0v) is 17.7. The summed E-state index contributed by atoms with van der Waals surface area (Å²) in [5.41, 5.74) is 1.90. The van der Waals surface area contributed by atoms with E-state index in [1.807, 2.05) is 0 Å². The molecule has 29 heavy (non-hydrogen) atoms. The van der Waals surface area contributed by atoms with E-state index in [4.69, 9.17) is 0 Å². The summed E-state index contributed by atoms with van der Waals surface area (Å²) in [5.74, 6) is 0.864. The zero-order valence-electron chi connectivity index (χ0n) is 17.7. The summed E-state index contributed by atoms with van der Waals surface area (Å²) in [6, 6.07) is 0. The van der Waals surface area contributed by atoms with E-state index < -0.39 is 12.0 Å². The van der Waals surface area contributed by atoms with Gasteiger partial charge in [0.05, 0.1) is 6.10 Å². The maximum atomic E-state index is 12.5. The first-order valence-electron chi connectivity index (χ1n) is 11.5. The molecule has 0 spiro atoms. The topological polar surface area (TPSA) is 37.3 Å². The highest BCUT2D eigenvalue weighted by atomic mass is 19.4. The van der Waals surface area contributed by atoms with Gasteiger partial charge in [0.2, 0.25) is 5.78 Å². The van der Waals surface area contributed by atoms with Gasteiger partial charge in [-0.3, -0.25) is 4.79 Å². The van der Waals surface area contributed by atoms with Crippen molar-refractivity contribution in [2.75, 3.05) is 0 Å². The first kappa shape index (κ1) is 21.4. The Hall–Kier alpha value is -0.840. The number of halogens is 3. The van der Waals surface area contributed by atoms with Gasteiger partial charge in [0.1, 0.15) is 0 Å². The molecular weight excluding hydrogens is 377 g/mol. The molecule has 0 bridgehead atoms. The minimum Gasteiger partial charge on any atom is -0.393 e. The highest BCUT2D eigenvalue weighted by molar-refractivity contribution is 5.83. The van der Waals surface area contributed by atoms with Crippen molar-refractivity contribution in [2.45, 2.75) is 96.8 Å². The zero-order chi connectivity index (χ0) is 21.0. The monoisotopic (exact) mass is 412 g/mol. The molecule has 4 aliphatic carbocycles. The van der Waals surface area contributed by atoms with Crippen LogP contribution in [0, 0.1) is 34.5 Å². The molecule has 0 aromatic carbocycles. The van der Waals surface area contributed by atoms with Gasteiger partial charge >= 0.3 is 6.18 Å². The third-order valence-electron chi connectivity index (χ3n) is 9.55. The highest BCUT2D eigenvalue weighted by Gasteiger charge is 2.58. The number of aliphatic hydroxyl groups is 1. The van der Waals surface area contributed by atoms with E-state index in [1.165, 1.54) is 18.4 Å². The second kappa shape index (κ2) is 7.39. The molecule has 7 unspecified atom stereocenters. The Morgan fingerprint density at radius 3 is 2.62 bits per heavy atom. The normalized spacial score (nSPS) is 44.5. The summed E-state index contributed by atoms with van der Waals surface area (Å²) < 4.78 is 37.5. The predicted octanol–water partition coefficient (Wildman–Crippen LogP) is 6.23. The highest BCUT2D eigenvalue weighted by Crippen LogP contribution is 2.66. The molecule has 3 fully saturated rings. The summed E-state index contributed by atoms with van der Waals surface area (Å²) in [6.45, 7) is 4.79. The van der Waals surface area contributed by atoms with Crippen LogP contribution < -0.4 is 0 Å². The fraction of sp³-hybridized carbons (Fsp3) is 0.875. The van der Waals surface area contributed by atoms with Crippen LogP contribution in [0.1, 0.15) is 84.5 Å². The molecule has 0 aromatic rings. The smallest absolute Gasteiger partial charge is 0.393 e. The van der Waals surface area contributed by atoms with E-state index in [-0.39, 0.29) is 23.4 Å². The lowest BCUT2D eigenvalue weighted by Crippen LogP contribution is -2.50. The summed E-state index contributed by atoms with van der Waals surface area (Å²) in [4.78, 5) is 11.2. The molecule has 1 N–H and O–H groups in total. The van der Waals surface area contributed by atoms with Gasteiger partial charge in [-0.15, -0.1) is 0 Å². The lowest BCUT2D eigenvalue weighted by atomic mass is 9.47. The average molecular weight is 413 g/mol. The summed E-state index contributed by atoms with van der Waals surface area (Å²) in [6.07, 6.45) is 6.82. The molecule has 0 aromatic heterocycles. The van der Waals surface area contributed by atoms with Crippen LogP contribution in [0.15, 0.2) is 11.6 Å². The second-order valence-corrected chi connectivity index (χ2v) is 10.8. The van der Waals surface area contributed by atoms with E-state index in [2.05, 4.69) is 19.9 Å². The average Bonchev–Trinajstić information content (AvgIpc) is 2.98. The Morgan fingerprint density at radius 1 is 1.14 bits per heavy atom. The number of allylic oxidation sites excluding steroid dienone is 1. The van der Waals surface area contributed by atoms with Gasteiger partial charge in [0.15, 0.2) is 0 Å². The molecule has 7 atom stereocenters. The van der Waals surface area contributed by atoms with Crippen molar-refractivity contribution < 1.29 is 23.1 Å². The fourth-order valence-corrected chi connectivity index (χ4v) is 7.88. The van der Waals surface area contributed by atoms with Gasteiger partial charge in [-0.2, -0.15) is 13.2 Å². The summed E-state index contributed by atoms with van der Waals surface area (Å²) >= 11 is 0. The lowest BCUT2D eigenvalue weighted by molar-refractivity contribution is -0.171. The van der Waals surface area contributed by atoms with Crippen LogP contribution in [0.3, 0.4) is 0 Å². The van der Waals surface area contributed by atoms with Crippen LogP contribution in [0.4, 0.5) is 13.2 Å². The fourth-order valence-electron chi connectivity index (χ4n) is 7.88. The number of fused-ring (bicyclic) bond motifs is 5. The Bertz CT molecular complexity index is 684. The number of carbonyl (C=O) groups excluding carboxylic acids is 1. The lowest BCUT2D eigenvalue weighted by Gasteiger charge is -2.58. The molecule has 0 aliphatic heterocycles. The minimum absolute atomic E-state index is 0.185. The molecule has 164 valence electrons. The number of aliphatic hydroxyl groups excluding tert-OH is 1. The van der Waals surface area contributed by atoms with Crippen molar-refractivity contribution in [3.63, 3.8) is 0 Å². The van der Waals surface area contributed by atoms with Gasteiger partial charge in [-0.1, -0.05) is 25.5 Å². The first-order valence-corrected chi connectivity index (χ1v) is 11.5. The third-order valence-corrected chi connectivity index (χ3v) is 9.55. The van der Waals surface area contributed by atoms with E-state index >= 15 is 0 Å². The first-order chi connectivity index (χ1) is 13.6. The SMILES string of the molecule is CC12CCC(O)CC1=CCC1C2CCC2(C)C(CCCC(=O)C(F)(F)F)CCC12. The van der Waals surface area contributed by atoms with E-state index in [0.29, 0.717) is 30.1 Å². The largest absolute Gasteiger partial charge is 0.449 e. The number of ketones is 1. The molecule has 0 saturated heterocycles. The Kier molecular flexibility index (Phi) is 5.45. The molecule has 4 rings (SSSR count). The summed E-state index contributed by atoms with van der Waals surface area (Å²) in [5, 5.41) is 10.1. The molecule has 3 saturated carbocycles. The Morgan fingerprint density at radius 2 is 1.90 bits per heavy atom. The van der Waals surface area contributed by atoms with Gasteiger partial charge in [-0.05, 0) is 98.7 Å². The molecule has 0 amide bonds. The van der Waals surface area contributed by atoms with Crippen LogP contribution in [0.5, 0.6) is 0 Å². The molecule has 0 heterocycles. The van der Waals surface area contributed by atoms with Crippen molar-refractivity contribution in [3.05, 3.63) is 11.6 Å². The second-order valence-electron chi connectivity index (χ2n) is 10.8. The van der Waals surface area contributed by atoms with Gasteiger partial charge < -0.3 is 5.11 Å². The standard InChI is InChI=1S/C24H35F3O2/c1-22-13-11-20-18(8-6-16-14-17(28)10-12-23(16,20)2)19(22)9-7-15(22)4-3-5-21(29)24(25,26)27/h6,15,17-20,28H,3-5,7-14H2,1-2H3. The Labute approximate surface area is 172 Å². The quantitative estimate of drug-likeness (QED) is 0.556. The van der Waals surface area contributed by atoms with Crippen molar-refractivity contribution in [3.8, 4) is 0 Å². The molecule has 4 aliphatic rings. The van der Waals surface area contributed by atoms with Crippen LogP contribution in [0.25, 0.3) is 0 Å². The molecule has 5 heteroatoms. The number of hydrogen-bond donors (Lipinski definition) is 1. The number of carbonyl (C=O) groups is 1. The van der Waals surface area contributed by atoms with Crippen LogP contribution >= 0.6 is 0 Å².